The van der Waals surface area contributed by atoms with E-state index >= 15 is 0 Å². The van der Waals surface area contributed by atoms with E-state index in [0.29, 0.717) is 0 Å². The Bertz CT molecular complexity index is 302. The van der Waals surface area contributed by atoms with Crippen molar-refractivity contribution < 1.29 is 9.53 Å². The van der Waals surface area contributed by atoms with Gasteiger partial charge in [0.15, 0.2) is 0 Å². The lowest BCUT2D eigenvalue weighted by Gasteiger charge is -2.20. The summed E-state index contributed by atoms with van der Waals surface area (Å²) >= 11 is 0. The van der Waals surface area contributed by atoms with Crippen molar-refractivity contribution in [3.05, 3.63) is 0 Å². The van der Waals surface area contributed by atoms with Gasteiger partial charge in [0.1, 0.15) is 13.7 Å². The maximum absolute atomic E-state index is 11.4. The van der Waals surface area contributed by atoms with Gasteiger partial charge in [-0.2, -0.15) is 0 Å². The summed E-state index contributed by atoms with van der Waals surface area (Å²) in [6, 6.07) is -0.415. The van der Waals surface area contributed by atoms with Gasteiger partial charge in [-0.15, -0.1) is 5.54 Å². The SMILES string of the molecule is CC(C)(C)OC(=O)C[C@H](N)C#C[Si](C)(C)C. The molecule has 2 N–H and O–H groups in total. The van der Waals surface area contributed by atoms with Gasteiger partial charge in [0.2, 0.25) is 0 Å². The predicted octanol–water partition coefficient (Wildman–Crippen LogP) is 1.93. The number of nitrogens with two attached hydrogens (primary N) is 1. The molecular formula is C12H23NO2Si. The van der Waals surface area contributed by atoms with Crippen molar-refractivity contribution in [1.82, 2.24) is 0 Å². The van der Waals surface area contributed by atoms with Crippen LogP contribution in [0.25, 0.3) is 0 Å². The Hall–Kier alpha value is -0.793. The Morgan fingerprint density at radius 1 is 1.38 bits per heavy atom. The lowest BCUT2D eigenvalue weighted by atomic mass is 10.2. The van der Waals surface area contributed by atoms with Gasteiger partial charge in [-0.3, -0.25) is 4.79 Å². The summed E-state index contributed by atoms with van der Waals surface area (Å²) in [7, 11) is -1.41. The highest BCUT2D eigenvalue weighted by atomic mass is 28.3. The molecule has 0 spiro atoms. The molecule has 1 atom stereocenters. The Labute approximate surface area is 99.7 Å². The average Bonchev–Trinajstić information content (AvgIpc) is 1.95. The Kier molecular flexibility index (Phi) is 5.24. The van der Waals surface area contributed by atoms with Gasteiger partial charge in [0.25, 0.3) is 0 Å². The summed E-state index contributed by atoms with van der Waals surface area (Å²) in [4.78, 5) is 11.4. The van der Waals surface area contributed by atoms with Gasteiger partial charge < -0.3 is 10.5 Å². The molecule has 0 aromatic heterocycles. The summed E-state index contributed by atoms with van der Waals surface area (Å²) in [5, 5.41) is 0. The fourth-order valence-corrected chi connectivity index (χ4v) is 1.54. The minimum atomic E-state index is -1.41. The number of carbonyl (C=O) groups excluding carboxylic acids is 1. The zero-order valence-corrected chi connectivity index (χ0v) is 12.2. The van der Waals surface area contributed by atoms with Gasteiger partial charge in [-0.05, 0) is 20.8 Å². The first kappa shape index (κ1) is 15.2. The van der Waals surface area contributed by atoms with Crippen LogP contribution in [0.1, 0.15) is 27.2 Å². The second-order valence-electron chi connectivity index (χ2n) is 5.92. The van der Waals surface area contributed by atoms with Gasteiger partial charge in [-0.25, -0.2) is 0 Å². The zero-order chi connectivity index (χ0) is 13.0. The maximum Gasteiger partial charge on any atom is 0.308 e. The smallest absolute Gasteiger partial charge is 0.308 e. The second-order valence-corrected chi connectivity index (χ2v) is 10.7. The molecule has 0 unspecified atom stereocenters. The summed E-state index contributed by atoms with van der Waals surface area (Å²) < 4.78 is 5.16. The van der Waals surface area contributed by atoms with Crippen LogP contribution in [-0.2, 0) is 9.53 Å². The van der Waals surface area contributed by atoms with Crippen LogP contribution in [-0.4, -0.2) is 25.7 Å². The van der Waals surface area contributed by atoms with Crippen molar-refractivity contribution in [3.8, 4) is 11.5 Å². The van der Waals surface area contributed by atoms with E-state index in [1.54, 1.807) is 0 Å². The van der Waals surface area contributed by atoms with Crippen LogP contribution >= 0.6 is 0 Å². The summed E-state index contributed by atoms with van der Waals surface area (Å²) in [6.07, 6.45) is 0.161. The first-order valence-electron chi connectivity index (χ1n) is 5.50. The quantitative estimate of drug-likeness (QED) is 0.456. The van der Waals surface area contributed by atoms with Crippen LogP contribution in [0.5, 0.6) is 0 Å². The minimum Gasteiger partial charge on any atom is -0.460 e. The van der Waals surface area contributed by atoms with E-state index in [4.69, 9.17) is 10.5 Å². The van der Waals surface area contributed by atoms with E-state index in [0.717, 1.165) is 0 Å². The van der Waals surface area contributed by atoms with Gasteiger partial charge >= 0.3 is 5.97 Å². The third-order valence-corrected chi connectivity index (χ3v) is 2.33. The average molecular weight is 241 g/mol. The minimum absolute atomic E-state index is 0.161. The highest BCUT2D eigenvalue weighted by Gasteiger charge is 2.18. The first-order valence-corrected chi connectivity index (χ1v) is 9.00. The van der Waals surface area contributed by atoms with Crippen molar-refractivity contribution in [2.75, 3.05) is 0 Å². The molecule has 0 aromatic rings. The van der Waals surface area contributed by atoms with Gasteiger partial charge in [0.05, 0.1) is 12.5 Å². The molecule has 0 rings (SSSR count). The number of rotatable bonds is 2. The molecule has 0 aliphatic heterocycles. The standard InChI is InChI=1S/C12H23NO2Si/c1-12(2,3)15-11(14)9-10(13)7-8-16(4,5)6/h10H,9,13H2,1-6H3/t10-/m1/s1. The largest absolute Gasteiger partial charge is 0.460 e. The molecule has 0 aliphatic carbocycles. The lowest BCUT2D eigenvalue weighted by Crippen LogP contribution is -2.30. The molecule has 0 heterocycles. The lowest BCUT2D eigenvalue weighted by molar-refractivity contribution is -0.154. The first-order chi connectivity index (χ1) is 6.99. The topological polar surface area (TPSA) is 52.3 Å². The molecular weight excluding hydrogens is 218 g/mol. The van der Waals surface area contributed by atoms with Crippen LogP contribution in [0, 0.1) is 11.5 Å². The highest BCUT2D eigenvalue weighted by molar-refractivity contribution is 6.83. The molecule has 0 saturated carbocycles. The van der Waals surface area contributed by atoms with Crippen LogP contribution in [0.4, 0.5) is 0 Å². The highest BCUT2D eigenvalue weighted by Crippen LogP contribution is 2.08. The molecule has 0 fully saturated rings. The molecule has 16 heavy (non-hydrogen) atoms. The third kappa shape index (κ3) is 9.75. The molecule has 0 bridgehead atoms. The van der Waals surface area contributed by atoms with Crippen LogP contribution in [0.15, 0.2) is 0 Å². The molecule has 0 amide bonds. The number of esters is 1. The van der Waals surface area contributed by atoms with Crippen molar-refractivity contribution in [3.63, 3.8) is 0 Å². The summed E-state index contributed by atoms with van der Waals surface area (Å²) in [5.41, 5.74) is 8.44. The molecule has 92 valence electrons. The van der Waals surface area contributed by atoms with Gasteiger partial charge in [-0.1, -0.05) is 25.6 Å². The fraction of sp³-hybridized carbons (Fsp3) is 0.750. The van der Waals surface area contributed by atoms with E-state index < -0.39 is 19.7 Å². The molecule has 0 aliphatic rings. The molecule has 0 saturated heterocycles. The summed E-state index contributed by atoms with van der Waals surface area (Å²) in [6.45, 7) is 11.9. The normalized spacial score (nSPS) is 13.7. The zero-order valence-electron chi connectivity index (χ0n) is 11.2. The maximum atomic E-state index is 11.4. The fourth-order valence-electron chi connectivity index (χ4n) is 0.923. The van der Waals surface area contributed by atoms with E-state index in [2.05, 4.69) is 31.1 Å². The number of ether oxygens (including phenoxy) is 1. The van der Waals surface area contributed by atoms with Crippen molar-refractivity contribution in [1.29, 1.82) is 0 Å². The number of hydrogen-bond acceptors (Lipinski definition) is 3. The molecule has 3 nitrogen and oxygen atoms in total. The molecule has 0 radical (unpaired) electrons. The third-order valence-electron chi connectivity index (χ3n) is 1.44. The Morgan fingerprint density at radius 3 is 2.25 bits per heavy atom. The van der Waals surface area contributed by atoms with E-state index in [-0.39, 0.29) is 12.4 Å². The van der Waals surface area contributed by atoms with Gasteiger partial charge in [0, 0.05) is 0 Å². The monoisotopic (exact) mass is 241 g/mol. The Balaban J connectivity index is 4.20. The van der Waals surface area contributed by atoms with Crippen LogP contribution in [0.3, 0.4) is 0 Å². The van der Waals surface area contributed by atoms with Crippen LogP contribution in [0.2, 0.25) is 19.6 Å². The van der Waals surface area contributed by atoms with E-state index in [1.807, 2.05) is 20.8 Å². The van der Waals surface area contributed by atoms with E-state index in [9.17, 15) is 4.79 Å². The van der Waals surface area contributed by atoms with Crippen molar-refractivity contribution >= 4 is 14.0 Å². The number of carbonyl (C=O) groups is 1. The van der Waals surface area contributed by atoms with Crippen molar-refractivity contribution in [2.45, 2.75) is 58.5 Å². The predicted molar refractivity (Wildman–Crippen MR) is 69.6 cm³/mol. The molecule has 0 aromatic carbocycles. The Morgan fingerprint density at radius 2 is 1.88 bits per heavy atom. The second kappa shape index (κ2) is 5.51. The van der Waals surface area contributed by atoms with Crippen LogP contribution < -0.4 is 5.73 Å². The van der Waals surface area contributed by atoms with E-state index in [1.165, 1.54) is 0 Å². The summed E-state index contributed by atoms with van der Waals surface area (Å²) in [5.74, 6) is 2.64. The number of hydrogen-bond donors (Lipinski definition) is 1. The van der Waals surface area contributed by atoms with Crippen molar-refractivity contribution in [2.24, 2.45) is 5.73 Å². The molecule has 4 heteroatoms.